The van der Waals surface area contributed by atoms with E-state index in [1.165, 1.54) is 7.11 Å². The first kappa shape index (κ1) is 26.3. The smallest absolute Gasteiger partial charge is 0.410 e. The van der Waals surface area contributed by atoms with Gasteiger partial charge in [0.15, 0.2) is 5.78 Å². The SMILES string of the molecule is COc1cc(N)c(Cl)cc1C(=O)C(C)CC1CCN(C(=O)OC(C)(C)C)C(C(C)(C)C)C1. The first-order chi connectivity index (χ1) is 14.6. The van der Waals surface area contributed by atoms with Gasteiger partial charge in [0, 0.05) is 24.6 Å². The second-order valence-corrected chi connectivity index (χ2v) is 11.4. The molecule has 6 nitrogen and oxygen atoms in total. The molecule has 1 aromatic carbocycles. The third kappa shape index (κ3) is 6.53. The molecule has 2 N–H and O–H groups in total. The lowest BCUT2D eigenvalue weighted by molar-refractivity contribution is -0.0168. The predicted octanol–water partition coefficient (Wildman–Crippen LogP) is 6.20. The van der Waals surface area contributed by atoms with Gasteiger partial charge in [-0.25, -0.2) is 4.79 Å². The van der Waals surface area contributed by atoms with Crippen molar-refractivity contribution in [3.8, 4) is 5.75 Å². The van der Waals surface area contributed by atoms with Crippen LogP contribution in [0.3, 0.4) is 0 Å². The minimum atomic E-state index is -0.531. The van der Waals surface area contributed by atoms with Gasteiger partial charge in [0.1, 0.15) is 11.4 Å². The number of hydrogen-bond acceptors (Lipinski definition) is 5. The van der Waals surface area contributed by atoms with Gasteiger partial charge in [0.2, 0.25) is 0 Å². The van der Waals surface area contributed by atoms with Gasteiger partial charge in [-0.1, -0.05) is 39.3 Å². The Balaban J connectivity index is 2.15. The number of benzene rings is 1. The fraction of sp³-hybridized carbons (Fsp3) is 0.680. The van der Waals surface area contributed by atoms with Crippen LogP contribution in [-0.2, 0) is 4.74 Å². The topological polar surface area (TPSA) is 81.9 Å². The molecular weight excluding hydrogens is 428 g/mol. The summed E-state index contributed by atoms with van der Waals surface area (Å²) >= 11 is 6.16. The molecule has 1 heterocycles. The predicted molar refractivity (Wildman–Crippen MR) is 129 cm³/mol. The van der Waals surface area contributed by atoms with Gasteiger partial charge in [-0.05, 0) is 57.4 Å². The number of hydrogen-bond donors (Lipinski definition) is 1. The van der Waals surface area contributed by atoms with Crippen molar-refractivity contribution in [2.75, 3.05) is 19.4 Å². The molecule has 0 aliphatic carbocycles. The Kier molecular flexibility index (Phi) is 8.14. The molecular formula is C25H39ClN2O4. The average molecular weight is 467 g/mol. The van der Waals surface area contributed by atoms with E-state index < -0.39 is 5.60 Å². The van der Waals surface area contributed by atoms with Crippen LogP contribution in [0.4, 0.5) is 10.5 Å². The van der Waals surface area contributed by atoms with Gasteiger partial charge >= 0.3 is 6.09 Å². The highest BCUT2D eigenvalue weighted by Gasteiger charge is 2.41. The number of halogens is 1. The number of nitrogen functional groups attached to an aromatic ring is 1. The summed E-state index contributed by atoms with van der Waals surface area (Å²) in [5.74, 6) is 0.552. The summed E-state index contributed by atoms with van der Waals surface area (Å²) in [5.41, 5.74) is 6.07. The van der Waals surface area contributed by atoms with Crippen molar-refractivity contribution in [1.29, 1.82) is 0 Å². The Morgan fingerprint density at radius 1 is 1.22 bits per heavy atom. The van der Waals surface area contributed by atoms with Crippen molar-refractivity contribution in [2.45, 2.75) is 79.4 Å². The third-order valence-corrected chi connectivity index (χ3v) is 6.38. The maximum absolute atomic E-state index is 13.2. The zero-order chi connectivity index (χ0) is 24.4. The van der Waals surface area contributed by atoms with Crippen LogP contribution in [0, 0.1) is 17.3 Å². The summed E-state index contributed by atoms with van der Waals surface area (Å²) in [7, 11) is 1.52. The quantitative estimate of drug-likeness (QED) is 0.412. The van der Waals surface area contributed by atoms with Crippen LogP contribution in [0.15, 0.2) is 12.1 Å². The molecule has 3 atom stereocenters. The number of amides is 1. The van der Waals surface area contributed by atoms with Crippen LogP contribution >= 0.6 is 11.6 Å². The summed E-state index contributed by atoms with van der Waals surface area (Å²) in [5, 5.41) is 0.347. The number of rotatable bonds is 5. The molecule has 1 saturated heterocycles. The summed E-state index contributed by atoms with van der Waals surface area (Å²) in [6.07, 6.45) is 2.14. The van der Waals surface area contributed by atoms with Gasteiger partial charge < -0.3 is 20.1 Å². The highest BCUT2D eigenvalue weighted by Crippen LogP contribution is 2.39. The van der Waals surface area contributed by atoms with E-state index in [1.54, 1.807) is 12.1 Å². The molecule has 7 heteroatoms. The summed E-state index contributed by atoms with van der Waals surface area (Å²) in [4.78, 5) is 27.9. The monoisotopic (exact) mass is 466 g/mol. The standard InChI is InChI=1S/C25H39ClN2O4/c1-15(22(29)17-13-18(26)19(27)14-20(17)31-8)11-16-9-10-28(21(12-16)24(2,3)4)23(30)32-25(5,6)7/h13-16,21H,9-12,27H2,1-8H3. The van der Waals surface area contributed by atoms with Gasteiger partial charge in [0.05, 0.1) is 23.4 Å². The molecule has 1 aliphatic heterocycles. The number of nitrogens with two attached hydrogens (primary N) is 1. The molecule has 0 spiro atoms. The molecule has 1 aromatic rings. The Bertz CT molecular complexity index is 842. The van der Waals surface area contributed by atoms with E-state index in [4.69, 9.17) is 26.8 Å². The second kappa shape index (κ2) is 9.90. The number of piperidine rings is 1. The lowest BCUT2D eigenvalue weighted by Crippen LogP contribution is -2.53. The molecule has 0 bridgehead atoms. The molecule has 2 rings (SSSR count). The van der Waals surface area contributed by atoms with E-state index in [-0.39, 0.29) is 29.3 Å². The number of Topliss-reactive ketones (excluding diaryl/α,β-unsaturated/α-hetero) is 1. The molecule has 0 saturated carbocycles. The van der Waals surface area contributed by atoms with E-state index in [1.807, 2.05) is 32.6 Å². The Labute approximate surface area is 197 Å². The van der Waals surface area contributed by atoms with Crippen molar-refractivity contribution < 1.29 is 19.1 Å². The number of anilines is 1. The first-order valence-electron chi connectivity index (χ1n) is 11.3. The fourth-order valence-corrected chi connectivity index (χ4v) is 4.58. The van der Waals surface area contributed by atoms with Gasteiger partial charge in [-0.3, -0.25) is 4.79 Å². The Morgan fingerprint density at radius 3 is 2.38 bits per heavy atom. The average Bonchev–Trinajstić information content (AvgIpc) is 2.67. The molecule has 3 unspecified atom stereocenters. The number of ether oxygens (including phenoxy) is 2. The number of carbonyl (C=O) groups is 2. The van der Waals surface area contributed by atoms with Crippen molar-refractivity contribution in [2.24, 2.45) is 17.3 Å². The van der Waals surface area contributed by atoms with Crippen molar-refractivity contribution in [3.63, 3.8) is 0 Å². The van der Waals surface area contributed by atoms with Crippen LogP contribution in [0.1, 0.15) is 78.1 Å². The Morgan fingerprint density at radius 2 is 1.84 bits per heavy atom. The molecule has 32 heavy (non-hydrogen) atoms. The van der Waals surface area contributed by atoms with Crippen molar-refractivity contribution in [1.82, 2.24) is 4.90 Å². The van der Waals surface area contributed by atoms with Crippen LogP contribution in [0.25, 0.3) is 0 Å². The third-order valence-electron chi connectivity index (χ3n) is 6.06. The number of nitrogens with zero attached hydrogens (tertiary/aromatic N) is 1. The first-order valence-corrected chi connectivity index (χ1v) is 11.7. The molecule has 1 amide bonds. The number of carbonyl (C=O) groups excluding carboxylic acids is 2. The van der Waals surface area contributed by atoms with E-state index in [0.29, 0.717) is 34.5 Å². The zero-order valence-electron chi connectivity index (χ0n) is 20.8. The van der Waals surface area contributed by atoms with E-state index in [0.717, 1.165) is 19.3 Å². The van der Waals surface area contributed by atoms with Crippen molar-refractivity contribution >= 4 is 29.2 Å². The van der Waals surface area contributed by atoms with E-state index in [2.05, 4.69) is 20.8 Å². The zero-order valence-corrected chi connectivity index (χ0v) is 21.5. The summed E-state index contributed by atoms with van der Waals surface area (Å²) < 4.78 is 11.0. The fourth-order valence-electron chi connectivity index (χ4n) is 4.42. The molecule has 0 aromatic heterocycles. The van der Waals surface area contributed by atoms with Crippen LogP contribution in [0.5, 0.6) is 5.75 Å². The summed E-state index contributed by atoms with van der Waals surface area (Å²) in [6.45, 7) is 14.7. The van der Waals surface area contributed by atoms with E-state index in [9.17, 15) is 9.59 Å². The molecule has 1 aliphatic rings. The molecule has 1 fully saturated rings. The largest absolute Gasteiger partial charge is 0.496 e. The van der Waals surface area contributed by atoms with Crippen LogP contribution < -0.4 is 10.5 Å². The van der Waals surface area contributed by atoms with Crippen LogP contribution in [0.2, 0.25) is 5.02 Å². The van der Waals surface area contributed by atoms with Crippen molar-refractivity contribution in [3.05, 3.63) is 22.7 Å². The molecule has 0 radical (unpaired) electrons. The highest BCUT2D eigenvalue weighted by molar-refractivity contribution is 6.33. The number of ketones is 1. The highest BCUT2D eigenvalue weighted by atomic mass is 35.5. The summed E-state index contributed by atoms with van der Waals surface area (Å²) in [6, 6.07) is 3.23. The maximum Gasteiger partial charge on any atom is 0.410 e. The second-order valence-electron chi connectivity index (χ2n) is 11.0. The van der Waals surface area contributed by atoms with Gasteiger partial charge in [0.25, 0.3) is 0 Å². The van der Waals surface area contributed by atoms with Gasteiger partial charge in [-0.15, -0.1) is 0 Å². The normalized spacial score (nSPS) is 20.6. The number of methoxy groups -OCH3 is 1. The van der Waals surface area contributed by atoms with Gasteiger partial charge in [-0.2, -0.15) is 0 Å². The van der Waals surface area contributed by atoms with E-state index >= 15 is 0 Å². The number of likely N-dealkylation sites (tertiary alicyclic amines) is 1. The minimum absolute atomic E-state index is 0.00868. The maximum atomic E-state index is 13.2. The lowest BCUT2D eigenvalue weighted by atomic mass is 9.74. The lowest BCUT2D eigenvalue weighted by Gasteiger charge is -2.46. The minimum Gasteiger partial charge on any atom is -0.496 e. The Hall–Kier alpha value is -1.95. The van der Waals surface area contributed by atoms with Crippen LogP contribution in [-0.4, -0.2) is 42.1 Å². The molecule has 180 valence electrons.